The van der Waals surface area contributed by atoms with E-state index in [9.17, 15) is 0 Å². The molecule has 2 heteroatoms. The van der Waals surface area contributed by atoms with Gasteiger partial charge in [0.2, 0.25) is 0 Å². The Morgan fingerprint density at radius 1 is 0.941 bits per heavy atom. The first kappa shape index (κ1) is 10.8. The average molecular weight is 234 g/mol. The van der Waals surface area contributed by atoms with Crippen LogP contribution in [0, 0.1) is 17.8 Å². The summed E-state index contributed by atoms with van der Waals surface area (Å²) in [6.07, 6.45) is 10.5. The summed E-state index contributed by atoms with van der Waals surface area (Å²) in [5.74, 6) is 3.29. The number of hydrogen-bond donors (Lipinski definition) is 1. The van der Waals surface area contributed by atoms with Crippen molar-refractivity contribution in [3.05, 3.63) is 0 Å². The van der Waals surface area contributed by atoms with Gasteiger partial charge in [-0.15, -0.1) is 0 Å². The van der Waals surface area contributed by atoms with Crippen LogP contribution in [0.5, 0.6) is 0 Å². The van der Waals surface area contributed by atoms with E-state index in [1.54, 1.807) is 25.7 Å². The van der Waals surface area contributed by atoms with Crippen molar-refractivity contribution in [1.82, 2.24) is 10.2 Å². The Morgan fingerprint density at radius 3 is 2.59 bits per heavy atom. The van der Waals surface area contributed by atoms with Crippen LogP contribution < -0.4 is 5.32 Å². The van der Waals surface area contributed by atoms with Crippen LogP contribution in [0.15, 0.2) is 0 Å². The number of hydrogen-bond acceptors (Lipinski definition) is 2. The highest BCUT2D eigenvalue weighted by atomic mass is 15.2. The van der Waals surface area contributed by atoms with E-state index in [4.69, 9.17) is 0 Å². The van der Waals surface area contributed by atoms with Crippen LogP contribution in [-0.2, 0) is 0 Å². The minimum absolute atomic E-state index is 0.820. The van der Waals surface area contributed by atoms with E-state index in [1.807, 2.05) is 0 Å². The molecule has 0 aromatic rings. The maximum absolute atomic E-state index is 3.80. The monoisotopic (exact) mass is 234 g/mol. The van der Waals surface area contributed by atoms with Gasteiger partial charge in [0, 0.05) is 25.2 Å². The van der Waals surface area contributed by atoms with Gasteiger partial charge in [-0.05, 0) is 62.8 Å². The Hall–Kier alpha value is -0.0800. The molecule has 4 unspecified atom stereocenters. The predicted octanol–water partition coefficient (Wildman–Crippen LogP) is 2.25. The van der Waals surface area contributed by atoms with Crippen molar-refractivity contribution in [2.24, 2.45) is 17.8 Å². The summed E-state index contributed by atoms with van der Waals surface area (Å²) in [6, 6.07) is 1.71. The zero-order valence-electron chi connectivity index (χ0n) is 10.9. The zero-order valence-corrected chi connectivity index (χ0v) is 10.9. The number of rotatable bonds is 4. The van der Waals surface area contributed by atoms with Crippen molar-refractivity contribution >= 4 is 0 Å². The predicted molar refractivity (Wildman–Crippen MR) is 69.9 cm³/mol. The third kappa shape index (κ3) is 2.26. The maximum Gasteiger partial charge on any atom is 0.0209 e. The number of fused-ring (bicyclic) bond motifs is 2. The first-order valence-electron chi connectivity index (χ1n) is 7.85. The summed E-state index contributed by atoms with van der Waals surface area (Å²) < 4.78 is 0. The molecule has 3 saturated carbocycles. The van der Waals surface area contributed by atoms with E-state index < -0.39 is 0 Å². The number of likely N-dealkylation sites (tertiary alicyclic amines) is 1. The number of nitrogens with zero attached hydrogens (tertiary/aromatic N) is 1. The number of nitrogens with one attached hydrogen (secondary N) is 1. The molecule has 96 valence electrons. The van der Waals surface area contributed by atoms with Gasteiger partial charge in [0.25, 0.3) is 0 Å². The third-order valence-corrected chi connectivity index (χ3v) is 5.70. The quantitative estimate of drug-likeness (QED) is 0.802. The molecule has 4 aliphatic rings. The lowest BCUT2D eigenvalue weighted by molar-refractivity contribution is 0.216. The first-order chi connectivity index (χ1) is 8.37. The zero-order chi connectivity index (χ0) is 11.2. The average Bonchev–Trinajstić information content (AvgIpc) is 2.77. The molecule has 2 nitrogen and oxygen atoms in total. The summed E-state index contributed by atoms with van der Waals surface area (Å²) in [4.78, 5) is 2.76. The molecule has 4 atom stereocenters. The fourth-order valence-corrected chi connectivity index (χ4v) is 4.65. The molecule has 0 amide bonds. The Labute approximate surface area is 105 Å². The summed E-state index contributed by atoms with van der Waals surface area (Å²) >= 11 is 0. The van der Waals surface area contributed by atoms with Crippen molar-refractivity contribution in [3.8, 4) is 0 Å². The lowest BCUT2D eigenvalue weighted by atomic mass is 9.88. The fourth-order valence-electron chi connectivity index (χ4n) is 4.65. The minimum atomic E-state index is 0.820. The Balaban J connectivity index is 1.26. The summed E-state index contributed by atoms with van der Waals surface area (Å²) in [7, 11) is 0. The molecule has 0 spiro atoms. The SMILES string of the molecule is C1CC2CC1CC2CN1CCC(NC2CC2)C1. The minimum Gasteiger partial charge on any atom is -0.310 e. The summed E-state index contributed by atoms with van der Waals surface area (Å²) in [5, 5.41) is 3.80. The van der Waals surface area contributed by atoms with Crippen molar-refractivity contribution in [1.29, 1.82) is 0 Å². The second-order valence-corrected chi connectivity index (χ2v) is 7.12. The lowest BCUT2D eigenvalue weighted by Crippen LogP contribution is -2.36. The maximum atomic E-state index is 3.80. The smallest absolute Gasteiger partial charge is 0.0209 e. The van der Waals surface area contributed by atoms with Crippen molar-refractivity contribution in [2.75, 3.05) is 19.6 Å². The van der Waals surface area contributed by atoms with Crippen molar-refractivity contribution < 1.29 is 0 Å². The fraction of sp³-hybridized carbons (Fsp3) is 1.00. The molecule has 1 heterocycles. The lowest BCUT2D eigenvalue weighted by Gasteiger charge is -2.27. The van der Waals surface area contributed by atoms with Gasteiger partial charge in [-0.2, -0.15) is 0 Å². The second-order valence-electron chi connectivity index (χ2n) is 7.12. The highest BCUT2D eigenvalue weighted by Crippen LogP contribution is 2.48. The van der Waals surface area contributed by atoms with E-state index in [0.29, 0.717) is 0 Å². The van der Waals surface area contributed by atoms with Gasteiger partial charge in [-0.3, -0.25) is 0 Å². The molecular formula is C15H26N2. The third-order valence-electron chi connectivity index (χ3n) is 5.70. The van der Waals surface area contributed by atoms with E-state index in [1.165, 1.54) is 38.9 Å². The van der Waals surface area contributed by atoms with E-state index in [0.717, 1.165) is 29.8 Å². The Morgan fingerprint density at radius 2 is 1.88 bits per heavy atom. The largest absolute Gasteiger partial charge is 0.310 e. The molecule has 4 rings (SSSR count). The highest BCUT2D eigenvalue weighted by molar-refractivity contribution is 4.94. The topological polar surface area (TPSA) is 15.3 Å². The highest BCUT2D eigenvalue weighted by Gasteiger charge is 2.40. The first-order valence-corrected chi connectivity index (χ1v) is 7.85. The van der Waals surface area contributed by atoms with Gasteiger partial charge in [0.15, 0.2) is 0 Å². The van der Waals surface area contributed by atoms with Crippen LogP contribution in [0.1, 0.15) is 44.9 Å². The van der Waals surface area contributed by atoms with Crippen LogP contribution >= 0.6 is 0 Å². The standard InChI is InChI=1S/C15H26N2/c1-2-12-7-11(1)8-13(12)9-17-6-5-15(10-17)16-14-3-4-14/h11-16H,1-10H2. The second kappa shape index (κ2) is 4.24. The molecule has 2 bridgehead atoms. The molecule has 1 N–H and O–H groups in total. The van der Waals surface area contributed by atoms with Crippen LogP contribution in [0.4, 0.5) is 0 Å². The van der Waals surface area contributed by atoms with E-state index in [2.05, 4.69) is 10.2 Å². The normalized spacial score (nSPS) is 45.9. The van der Waals surface area contributed by atoms with Crippen LogP contribution in [-0.4, -0.2) is 36.6 Å². The molecule has 1 aliphatic heterocycles. The molecule has 0 aromatic heterocycles. The van der Waals surface area contributed by atoms with E-state index >= 15 is 0 Å². The summed E-state index contributed by atoms with van der Waals surface area (Å²) in [6.45, 7) is 4.12. The van der Waals surface area contributed by atoms with Crippen LogP contribution in [0.2, 0.25) is 0 Å². The van der Waals surface area contributed by atoms with Gasteiger partial charge >= 0.3 is 0 Å². The Bertz CT molecular complexity index is 287. The van der Waals surface area contributed by atoms with Gasteiger partial charge in [0.1, 0.15) is 0 Å². The van der Waals surface area contributed by atoms with E-state index in [-0.39, 0.29) is 0 Å². The molecule has 3 aliphatic carbocycles. The molecule has 4 fully saturated rings. The molecule has 0 aromatic carbocycles. The molecular weight excluding hydrogens is 208 g/mol. The van der Waals surface area contributed by atoms with Crippen LogP contribution in [0.3, 0.4) is 0 Å². The summed E-state index contributed by atoms with van der Waals surface area (Å²) in [5.41, 5.74) is 0. The Kier molecular flexibility index (Phi) is 2.69. The van der Waals surface area contributed by atoms with Gasteiger partial charge in [0.05, 0.1) is 0 Å². The molecule has 17 heavy (non-hydrogen) atoms. The van der Waals surface area contributed by atoms with Gasteiger partial charge in [-0.1, -0.05) is 6.42 Å². The van der Waals surface area contributed by atoms with Gasteiger partial charge < -0.3 is 10.2 Å². The van der Waals surface area contributed by atoms with Crippen molar-refractivity contribution in [2.45, 2.75) is 57.0 Å². The van der Waals surface area contributed by atoms with Crippen molar-refractivity contribution in [3.63, 3.8) is 0 Å². The molecule has 1 saturated heterocycles. The molecule has 0 radical (unpaired) electrons. The van der Waals surface area contributed by atoms with Gasteiger partial charge in [-0.25, -0.2) is 0 Å². The van der Waals surface area contributed by atoms with Crippen LogP contribution in [0.25, 0.3) is 0 Å².